The van der Waals surface area contributed by atoms with Crippen LogP contribution in [0.3, 0.4) is 0 Å². The van der Waals surface area contributed by atoms with Crippen molar-refractivity contribution in [1.82, 2.24) is 10.6 Å². The molecule has 0 heterocycles. The summed E-state index contributed by atoms with van der Waals surface area (Å²) in [4.78, 5) is 4.21. The van der Waals surface area contributed by atoms with Gasteiger partial charge in [-0.15, -0.1) is 0 Å². The van der Waals surface area contributed by atoms with Crippen LogP contribution in [0.15, 0.2) is 17.1 Å². The first-order chi connectivity index (χ1) is 11.1. The lowest BCUT2D eigenvalue weighted by Crippen LogP contribution is -2.43. The predicted molar refractivity (Wildman–Crippen MR) is 103 cm³/mol. The lowest BCUT2D eigenvalue weighted by atomic mass is 9.97. The van der Waals surface area contributed by atoms with E-state index in [-0.39, 0.29) is 11.8 Å². The predicted octanol–water partition coefficient (Wildman–Crippen LogP) is 2.14. The molecule has 0 spiro atoms. The number of hydrogen-bond donors (Lipinski definition) is 2. The molecule has 0 aromatic heterocycles. The van der Waals surface area contributed by atoms with Gasteiger partial charge in [0.05, 0.1) is 5.75 Å². The van der Waals surface area contributed by atoms with Crippen molar-refractivity contribution < 1.29 is 8.42 Å². The molecule has 24 heavy (non-hydrogen) atoms. The second kappa shape index (κ2) is 9.06. The van der Waals surface area contributed by atoms with E-state index < -0.39 is 9.84 Å². The minimum Gasteiger partial charge on any atom is -0.356 e. The smallest absolute Gasteiger partial charge is 0.191 e. The molecule has 6 heteroatoms. The fourth-order valence-electron chi connectivity index (χ4n) is 2.80. The first kappa shape index (κ1) is 20.5. The summed E-state index contributed by atoms with van der Waals surface area (Å²) in [5, 5.41) is 6.54. The third-order valence-electron chi connectivity index (χ3n) is 4.04. The molecule has 1 atom stereocenters. The number of nitrogens with zero attached hydrogens (tertiary/aromatic N) is 1. The van der Waals surface area contributed by atoms with E-state index in [0.717, 1.165) is 13.0 Å². The van der Waals surface area contributed by atoms with Crippen molar-refractivity contribution in [2.24, 2.45) is 4.99 Å². The van der Waals surface area contributed by atoms with Gasteiger partial charge in [-0.3, -0.25) is 4.99 Å². The number of rotatable bonds is 7. The van der Waals surface area contributed by atoms with Crippen molar-refractivity contribution in [3.63, 3.8) is 0 Å². The molecule has 0 amide bonds. The van der Waals surface area contributed by atoms with E-state index in [1.165, 1.54) is 28.5 Å². The van der Waals surface area contributed by atoms with Gasteiger partial charge in [0.25, 0.3) is 0 Å². The number of hydrogen-bond acceptors (Lipinski definition) is 3. The zero-order valence-corrected chi connectivity index (χ0v) is 16.5. The first-order valence-electron chi connectivity index (χ1n) is 8.34. The summed E-state index contributed by atoms with van der Waals surface area (Å²) in [7, 11) is -1.20. The number of nitrogens with one attached hydrogen (secondary N) is 2. The Kier molecular flexibility index (Phi) is 7.73. The molecule has 0 saturated carbocycles. The van der Waals surface area contributed by atoms with Gasteiger partial charge >= 0.3 is 0 Å². The summed E-state index contributed by atoms with van der Waals surface area (Å²) < 4.78 is 22.5. The molecule has 1 unspecified atom stereocenters. The van der Waals surface area contributed by atoms with Crippen LogP contribution in [-0.2, 0) is 16.3 Å². The zero-order chi connectivity index (χ0) is 18.3. The highest BCUT2D eigenvalue weighted by Crippen LogP contribution is 2.16. The van der Waals surface area contributed by atoms with Gasteiger partial charge in [0, 0.05) is 25.9 Å². The summed E-state index contributed by atoms with van der Waals surface area (Å²) in [5.74, 6) is 0.887. The molecule has 5 nitrogen and oxygen atoms in total. The molecule has 0 fully saturated rings. The highest BCUT2D eigenvalue weighted by molar-refractivity contribution is 7.90. The SMILES string of the molecule is CN=C(NCCc1c(C)cc(C)cc1C)NC(C)CCS(C)(=O)=O. The third kappa shape index (κ3) is 7.34. The van der Waals surface area contributed by atoms with Crippen LogP contribution in [-0.4, -0.2) is 46.0 Å². The van der Waals surface area contributed by atoms with Gasteiger partial charge in [-0.1, -0.05) is 17.7 Å². The Morgan fingerprint density at radius 3 is 2.29 bits per heavy atom. The Hall–Kier alpha value is -1.56. The standard InChI is InChI=1S/C18H31N3O2S/c1-13-11-14(2)17(15(3)12-13)7-9-20-18(19-5)21-16(4)8-10-24(6,22)23/h11-12,16H,7-10H2,1-6H3,(H2,19,20,21). The van der Waals surface area contributed by atoms with Gasteiger partial charge in [0.2, 0.25) is 0 Å². The van der Waals surface area contributed by atoms with E-state index >= 15 is 0 Å². The summed E-state index contributed by atoms with van der Waals surface area (Å²) >= 11 is 0. The maximum absolute atomic E-state index is 11.2. The second-order valence-corrected chi connectivity index (χ2v) is 8.85. The van der Waals surface area contributed by atoms with Crippen molar-refractivity contribution in [2.75, 3.05) is 25.6 Å². The Balaban J connectivity index is 2.50. The molecule has 0 saturated heterocycles. The Bertz CT molecular complexity index is 658. The maximum Gasteiger partial charge on any atom is 0.191 e. The Morgan fingerprint density at radius 2 is 1.79 bits per heavy atom. The molecular formula is C18H31N3O2S. The monoisotopic (exact) mass is 353 g/mol. The molecule has 2 N–H and O–H groups in total. The highest BCUT2D eigenvalue weighted by Gasteiger charge is 2.10. The molecule has 0 aliphatic heterocycles. The molecule has 136 valence electrons. The average molecular weight is 354 g/mol. The van der Waals surface area contributed by atoms with Gasteiger partial charge in [-0.05, 0) is 57.2 Å². The fourth-order valence-corrected chi connectivity index (χ4v) is 3.58. The van der Waals surface area contributed by atoms with E-state index in [1.54, 1.807) is 7.05 Å². The number of guanidine groups is 1. The number of aryl methyl sites for hydroxylation is 3. The Morgan fingerprint density at radius 1 is 1.21 bits per heavy atom. The Labute approximate surface area is 146 Å². The van der Waals surface area contributed by atoms with E-state index in [4.69, 9.17) is 0 Å². The topological polar surface area (TPSA) is 70.6 Å². The minimum atomic E-state index is -2.93. The van der Waals surface area contributed by atoms with Crippen molar-refractivity contribution in [3.05, 3.63) is 34.4 Å². The van der Waals surface area contributed by atoms with Crippen LogP contribution < -0.4 is 10.6 Å². The van der Waals surface area contributed by atoms with Crippen molar-refractivity contribution in [3.8, 4) is 0 Å². The van der Waals surface area contributed by atoms with Gasteiger partial charge in [0.15, 0.2) is 5.96 Å². The van der Waals surface area contributed by atoms with Crippen molar-refractivity contribution in [2.45, 2.75) is 46.6 Å². The summed E-state index contributed by atoms with van der Waals surface area (Å²) in [6.07, 6.45) is 2.76. The third-order valence-corrected chi connectivity index (χ3v) is 5.01. The average Bonchev–Trinajstić information content (AvgIpc) is 2.45. The summed E-state index contributed by atoms with van der Waals surface area (Å²) in [6.45, 7) is 9.16. The number of aliphatic imine (C=N–C) groups is 1. The van der Waals surface area contributed by atoms with Crippen LogP contribution in [0.1, 0.15) is 35.6 Å². The van der Waals surface area contributed by atoms with Crippen LogP contribution in [0.25, 0.3) is 0 Å². The normalized spacial score (nSPS) is 13.7. The lowest BCUT2D eigenvalue weighted by molar-refractivity contribution is 0.581. The van der Waals surface area contributed by atoms with Crippen molar-refractivity contribution >= 4 is 15.8 Å². The molecule has 1 aromatic rings. The molecular weight excluding hydrogens is 322 g/mol. The van der Waals surface area contributed by atoms with Crippen LogP contribution in [0, 0.1) is 20.8 Å². The lowest BCUT2D eigenvalue weighted by Gasteiger charge is -2.18. The first-order valence-corrected chi connectivity index (χ1v) is 10.4. The van der Waals surface area contributed by atoms with Gasteiger partial charge in [0.1, 0.15) is 9.84 Å². The van der Waals surface area contributed by atoms with E-state index in [1.807, 2.05) is 6.92 Å². The molecule has 0 aliphatic carbocycles. The number of benzene rings is 1. The molecule has 0 bridgehead atoms. The zero-order valence-electron chi connectivity index (χ0n) is 15.7. The molecule has 1 aromatic carbocycles. The summed E-state index contributed by atoms with van der Waals surface area (Å²) in [5.41, 5.74) is 5.30. The largest absolute Gasteiger partial charge is 0.356 e. The molecule has 0 aliphatic rings. The summed E-state index contributed by atoms with van der Waals surface area (Å²) in [6, 6.07) is 4.47. The van der Waals surface area contributed by atoms with Crippen molar-refractivity contribution in [1.29, 1.82) is 0 Å². The van der Waals surface area contributed by atoms with Crippen LogP contribution in [0.2, 0.25) is 0 Å². The van der Waals surface area contributed by atoms with E-state index in [0.29, 0.717) is 12.4 Å². The van der Waals surface area contributed by atoms with Crippen LogP contribution in [0.4, 0.5) is 0 Å². The fraction of sp³-hybridized carbons (Fsp3) is 0.611. The quantitative estimate of drug-likeness (QED) is 0.582. The van der Waals surface area contributed by atoms with Crippen LogP contribution >= 0.6 is 0 Å². The van der Waals surface area contributed by atoms with Gasteiger partial charge in [-0.2, -0.15) is 0 Å². The minimum absolute atomic E-state index is 0.0498. The second-order valence-electron chi connectivity index (χ2n) is 6.59. The number of sulfone groups is 1. The molecule has 1 rings (SSSR count). The van der Waals surface area contributed by atoms with E-state index in [2.05, 4.69) is 48.5 Å². The van der Waals surface area contributed by atoms with Gasteiger partial charge in [-0.25, -0.2) is 8.42 Å². The van der Waals surface area contributed by atoms with Crippen LogP contribution in [0.5, 0.6) is 0 Å². The van der Waals surface area contributed by atoms with Gasteiger partial charge < -0.3 is 10.6 Å². The van der Waals surface area contributed by atoms with E-state index in [9.17, 15) is 8.42 Å². The maximum atomic E-state index is 11.2. The molecule has 0 radical (unpaired) electrons. The highest BCUT2D eigenvalue weighted by atomic mass is 32.2.